The van der Waals surface area contributed by atoms with Crippen molar-refractivity contribution in [1.82, 2.24) is 0 Å². The van der Waals surface area contributed by atoms with Crippen LogP contribution in [-0.4, -0.2) is 37.1 Å². The molecule has 6 heteroatoms. The maximum atomic E-state index is 9.84. The van der Waals surface area contributed by atoms with E-state index in [1.165, 1.54) is 5.56 Å². The molecule has 2 atom stereocenters. The Labute approximate surface area is 132 Å². The summed E-state index contributed by atoms with van der Waals surface area (Å²) in [5, 5.41) is 0. The molecule has 0 bridgehead atoms. The Morgan fingerprint density at radius 2 is 1.75 bits per heavy atom. The van der Waals surface area contributed by atoms with Crippen LogP contribution in [0.1, 0.15) is 37.0 Å². The lowest BCUT2D eigenvalue weighted by molar-refractivity contribution is -0.873. The molecular formula is C14H25NO2PS2+. The Kier molecular flexibility index (Phi) is 6.27. The number of likely N-dealkylation sites (N-methyl/N-ethyl adjacent to an activating group) is 1. The maximum absolute atomic E-state index is 9.84. The number of rotatable bonds is 6. The summed E-state index contributed by atoms with van der Waals surface area (Å²) < 4.78 is 6.44. The number of nitrogens with zero attached hydrogens (tertiary/aromatic N) is 1. The van der Waals surface area contributed by atoms with Crippen molar-refractivity contribution in [2.24, 2.45) is 0 Å². The minimum absolute atomic E-state index is 0.248. The Bertz CT molecular complexity index is 494. The third-order valence-corrected chi connectivity index (χ3v) is 4.01. The average Bonchev–Trinajstić information content (AvgIpc) is 2.24. The molecule has 0 saturated carbocycles. The van der Waals surface area contributed by atoms with E-state index in [0.717, 1.165) is 16.6 Å². The van der Waals surface area contributed by atoms with Crippen molar-refractivity contribution in [3.63, 3.8) is 0 Å². The lowest BCUT2D eigenvalue weighted by atomic mass is 9.94. The summed E-state index contributed by atoms with van der Waals surface area (Å²) in [6.07, 6.45) is -0.248. The van der Waals surface area contributed by atoms with E-state index in [0.29, 0.717) is 5.92 Å². The van der Waals surface area contributed by atoms with Crippen molar-refractivity contribution in [3.05, 3.63) is 35.4 Å². The van der Waals surface area contributed by atoms with Gasteiger partial charge in [0.05, 0.1) is 21.1 Å². The summed E-state index contributed by atoms with van der Waals surface area (Å²) in [7, 11) is 6.27. The molecule has 0 saturated heterocycles. The van der Waals surface area contributed by atoms with Crippen LogP contribution < -0.4 is 0 Å². The van der Waals surface area contributed by atoms with Gasteiger partial charge in [-0.1, -0.05) is 50.4 Å². The molecule has 114 valence electrons. The second kappa shape index (κ2) is 6.91. The van der Waals surface area contributed by atoms with Crippen LogP contribution >= 0.6 is 17.9 Å². The zero-order chi connectivity index (χ0) is 15.6. The van der Waals surface area contributed by atoms with Crippen LogP contribution in [0.15, 0.2) is 24.3 Å². The van der Waals surface area contributed by atoms with Gasteiger partial charge in [-0.3, -0.25) is 0 Å². The van der Waals surface area contributed by atoms with Crippen LogP contribution in [0, 0.1) is 0 Å². The van der Waals surface area contributed by atoms with E-state index >= 15 is 0 Å². The molecule has 0 spiro atoms. The molecule has 0 aromatic heterocycles. The van der Waals surface area contributed by atoms with Crippen molar-refractivity contribution in [2.45, 2.75) is 25.9 Å². The normalized spacial score (nSPS) is 17.0. The fraction of sp³-hybridized carbons (Fsp3) is 0.571. The molecule has 1 aromatic carbocycles. The van der Waals surface area contributed by atoms with Crippen molar-refractivity contribution >= 4 is 29.7 Å². The number of quaternary nitrogens is 1. The lowest BCUT2D eigenvalue weighted by Crippen LogP contribution is -2.39. The number of hydrogen-bond acceptors (Lipinski definition) is 2. The third-order valence-electron chi connectivity index (χ3n) is 2.94. The number of benzene rings is 1. The fourth-order valence-electron chi connectivity index (χ4n) is 2.18. The van der Waals surface area contributed by atoms with Gasteiger partial charge in [-0.2, -0.15) is 0 Å². The first-order valence-electron chi connectivity index (χ1n) is 6.63. The quantitative estimate of drug-likeness (QED) is 0.472. The Hall–Kier alpha value is 0.1000. The van der Waals surface area contributed by atoms with Crippen LogP contribution in [0.2, 0.25) is 0 Å². The van der Waals surface area contributed by atoms with Crippen molar-refractivity contribution < 1.29 is 13.9 Å². The van der Waals surface area contributed by atoms with Crippen LogP contribution in [0.4, 0.5) is 0 Å². The maximum Gasteiger partial charge on any atom is 0.242 e. The molecule has 1 aromatic rings. The molecule has 0 aliphatic carbocycles. The predicted octanol–water partition coefficient (Wildman–Crippen LogP) is 3.72. The van der Waals surface area contributed by atoms with Gasteiger partial charge in [-0.05, 0) is 28.9 Å². The predicted molar refractivity (Wildman–Crippen MR) is 92.7 cm³/mol. The number of thiol groups is 1. The molecule has 0 aliphatic heterocycles. The molecule has 1 N–H and O–H groups in total. The highest BCUT2D eigenvalue weighted by Gasteiger charge is 2.27. The van der Waals surface area contributed by atoms with Gasteiger partial charge in [0.1, 0.15) is 12.6 Å². The van der Waals surface area contributed by atoms with E-state index in [1.807, 2.05) is 12.1 Å². The van der Waals surface area contributed by atoms with Gasteiger partial charge in [-0.15, -0.1) is 0 Å². The molecular weight excluding hydrogens is 309 g/mol. The third kappa shape index (κ3) is 6.25. The fourth-order valence-corrected chi connectivity index (χ4v) is 3.35. The molecule has 3 nitrogen and oxygen atoms in total. The zero-order valence-corrected chi connectivity index (χ0v) is 15.4. The monoisotopic (exact) mass is 334 g/mol. The van der Waals surface area contributed by atoms with Crippen LogP contribution in [-0.2, 0) is 16.3 Å². The molecule has 0 amide bonds. The van der Waals surface area contributed by atoms with Crippen molar-refractivity contribution in [2.75, 3.05) is 27.7 Å². The van der Waals surface area contributed by atoms with E-state index in [-0.39, 0.29) is 6.10 Å². The molecule has 2 unspecified atom stereocenters. The first kappa shape index (κ1) is 18.1. The first-order chi connectivity index (χ1) is 8.99. The summed E-state index contributed by atoms with van der Waals surface area (Å²) >= 11 is 8.99. The van der Waals surface area contributed by atoms with Crippen molar-refractivity contribution in [1.29, 1.82) is 0 Å². The van der Waals surface area contributed by atoms with E-state index in [1.54, 1.807) is 0 Å². The smallest absolute Gasteiger partial charge is 0.242 e. The second-order valence-electron chi connectivity index (χ2n) is 6.34. The molecule has 0 radical (unpaired) electrons. The Morgan fingerprint density at radius 3 is 2.15 bits per heavy atom. The topological polar surface area (TPSA) is 29.5 Å². The molecule has 20 heavy (non-hydrogen) atoms. The SMILES string of the molecule is CC(C)c1ccccc1C(C[N+](C)(C)C)OP(O)(=S)S. The lowest BCUT2D eigenvalue weighted by Gasteiger charge is -2.31. The summed E-state index contributed by atoms with van der Waals surface area (Å²) in [5.74, 6) is 0.390. The molecule has 0 aliphatic rings. The van der Waals surface area contributed by atoms with E-state index in [9.17, 15) is 4.89 Å². The van der Waals surface area contributed by atoms with Gasteiger partial charge in [0.2, 0.25) is 5.69 Å². The Balaban J connectivity index is 3.20. The minimum Gasteiger partial charge on any atom is -0.338 e. The molecule has 0 heterocycles. The summed E-state index contributed by atoms with van der Waals surface area (Å²) in [4.78, 5) is 9.84. The highest BCUT2D eigenvalue weighted by atomic mass is 32.9. The summed E-state index contributed by atoms with van der Waals surface area (Å²) in [6.45, 7) is 5.03. The van der Waals surface area contributed by atoms with E-state index in [4.69, 9.17) is 16.3 Å². The van der Waals surface area contributed by atoms with E-state index in [2.05, 4.69) is 59.4 Å². The van der Waals surface area contributed by atoms with E-state index < -0.39 is 5.69 Å². The Morgan fingerprint density at radius 1 is 1.25 bits per heavy atom. The summed E-state index contributed by atoms with van der Waals surface area (Å²) in [5.41, 5.74) is -0.690. The average molecular weight is 334 g/mol. The van der Waals surface area contributed by atoms with Gasteiger partial charge in [0.15, 0.2) is 0 Å². The van der Waals surface area contributed by atoms with Gasteiger partial charge < -0.3 is 13.9 Å². The van der Waals surface area contributed by atoms with Gasteiger partial charge in [0, 0.05) is 0 Å². The highest BCUT2D eigenvalue weighted by molar-refractivity contribution is 8.59. The van der Waals surface area contributed by atoms with Gasteiger partial charge in [0.25, 0.3) is 0 Å². The van der Waals surface area contributed by atoms with Gasteiger partial charge >= 0.3 is 0 Å². The van der Waals surface area contributed by atoms with Gasteiger partial charge in [-0.25, -0.2) is 0 Å². The highest BCUT2D eigenvalue weighted by Crippen LogP contribution is 2.52. The van der Waals surface area contributed by atoms with Crippen LogP contribution in [0.3, 0.4) is 0 Å². The number of hydrogen-bond donors (Lipinski definition) is 2. The van der Waals surface area contributed by atoms with Crippen LogP contribution in [0.5, 0.6) is 0 Å². The minimum atomic E-state index is -3.01. The van der Waals surface area contributed by atoms with Crippen LogP contribution in [0.25, 0.3) is 0 Å². The summed E-state index contributed by atoms with van der Waals surface area (Å²) in [6, 6.07) is 8.17. The second-order valence-corrected chi connectivity index (χ2v) is 11.5. The molecule has 0 fully saturated rings. The standard InChI is InChI=1S/C14H24NO2PS2/c1-11(2)12-8-6-7-9-13(12)14(10-15(3,4)5)17-18(16,19)20/h6-9,11,14H,10H2,1-5H3,(H-,16,19,20)/p+1. The first-order valence-corrected chi connectivity index (χ1v) is 10.5. The largest absolute Gasteiger partial charge is 0.338 e. The van der Waals surface area contributed by atoms with Crippen molar-refractivity contribution in [3.8, 4) is 0 Å². The zero-order valence-electron chi connectivity index (χ0n) is 12.8. The molecule has 1 rings (SSSR count).